The van der Waals surface area contributed by atoms with E-state index in [0.717, 1.165) is 0 Å². The van der Waals surface area contributed by atoms with Gasteiger partial charge < -0.3 is 19.9 Å². The number of nitrogens with zero attached hydrogens (tertiary/aromatic N) is 1. The summed E-state index contributed by atoms with van der Waals surface area (Å²) in [6.45, 7) is 10.1. The molecule has 68 valence electrons. The first-order valence-corrected chi connectivity index (χ1v) is 3.68. The van der Waals surface area contributed by atoms with Crippen LogP contribution in [-0.4, -0.2) is 30.7 Å². The molecule has 0 radical (unpaired) electrons. The van der Waals surface area contributed by atoms with Gasteiger partial charge in [0.25, 0.3) is 0 Å². The van der Waals surface area contributed by atoms with Crippen LogP contribution in [0.1, 0.15) is 20.8 Å². The average Bonchev–Trinajstić information content (AvgIpc) is 1.90. The van der Waals surface area contributed by atoms with Crippen molar-refractivity contribution in [3.05, 3.63) is 0 Å². The van der Waals surface area contributed by atoms with Crippen molar-refractivity contribution >= 4 is 6.16 Å². The first kappa shape index (κ1) is 25.2. The van der Waals surface area contributed by atoms with Gasteiger partial charge in [-0.15, -0.1) is 0 Å². The fourth-order valence-corrected chi connectivity index (χ4v) is 0.671. The Bertz CT molecular complexity index is 90.2. The topological polar surface area (TPSA) is 66.4 Å². The third-order valence-electron chi connectivity index (χ3n) is 1.34. The maximum Gasteiger partial charge on any atom is 1.00 e. The van der Waals surface area contributed by atoms with Crippen LogP contribution < -0.4 is 148 Å². The van der Waals surface area contributed by atoms with Gasteiger partial charge in [-0.05, 0) is 25.8 Å². The minimum absolute atomic E-state index is 0. The van der Waals surface area contributed by atoms with Crippen LogP contribution in [0.2, 0.25) is 0 Å². The van der Waals surface area contributed by atoms with E-state index in [0.29, 0.717) is 0 Å². The van der Waals surface area contributed by atoms with E-state index < -0.39 is 6.16 Å². The van der Waals surface area contributed by atoms with E-state index >= 15 is 0 Å². The molecule has 0 amide bonds. The Labute approximate surface area is 198 Å². The molecule has 0 unspecified atom stereocenters. The van der Waals surface area contributed by atoms with Crippen molar-refractivity contribution in [1.29, 1.82) is 0 Å². The van der Waals surface area contributed by atoms with Crippen molar-refractivity contribution in [2.75, 3.05) is 19.6 Å². The summed E-state index contributed by atoms with van der Waals surface area (Å²) >= 11 is 0. The average molecular weight is 427 g/mol. The van der Waals surface area contributed by atoms with Crippen LogP contribution in [0.25, 0.3) is 0 Å². The molecule has 0 bridgehead atoms. The Hall–Kier alpha value is 3.33. The summed E-state index contributed by atoms with van der Waals surface area (Å²) in [5, 5.41) is 16.7. The van der Waals surface area contributed by atoms with Gasteiger partial charge >= 0.3 is 138 Å². The van der Waals surface area contributed by atoms with Crippen molar-refractivity contribution in [3.8, 4) is 0 Å². The summed E-state index contributed by atoms with van der Waals surface area (Å²) in [5.41, 5.74) is 0. The Morgan fingerprint density at radius 3 is 1.15 bits per heavy atom. The van der Waals surface area contributed by atoms with E-state index in [1.165, 1.54) is 19.6 Å². The first-order valence-electron chi connectivity index (χ1n) is 3.68. The van der Waals surface area contributed by atoms with E-state index in [1.807, 2.05) is 0 Å². The molecule has 0 saturated heterocycles. The van der Waals surface area contributed by atoms with Crippen molar-refractivity contribution in [1.82, 2.24) is 4.90 Å². The second kappa shape index (κ2) is 20.7. The second-order valence-electron chi connectivity index (χ2n) is 1.87. The predicted octanol–water partition coefficient (Wildman–Crippen LogP) is -7.09. The fraction of sp³-hybridized carbons (Fsp3) is 0.857. The minimum atomic E-state index is -2.33. The summed E-state index contributed by atoms with van der Waals surface area (Å²) in [7, 11) is 0. The maximum atomic E-state index is 8.33. The zero-order chi connectivity index (χ0) is 9.28. The zero-order valence-corrected chi connectivity index (χ0v) is 21.9. The molecule has 0 aromatic heterocycles. The van der Waals surface area contributed by atoms with E-state index in [1.54, 1.807) is 0 Å². The molecule has 0 aromatic carbocycles. The molecule has 6 heteroatoms. The summed E-state index contributed by atoms with van der Waals surface area (Å²) in [6.07, 6.45) is -2.33. The number of rotatable bonds is 3. The smallest absolute Gasteiger partial charge is 0.652 e. The zero-order valence-electron chi connectivity index (χ0n) is 9.29. The number of hydrogen-bond acceptors (Lipinski definition) is 4. The molecule has 0 aliphatic carbocycles. The number of carboxylic acid groups (broad SMARTS) is 2. The van der Waals surface area contributed by atoms with Crippen LogP contribution in [-0.2, 0) is 0 Å². The van der Waals surface area contributed by atoms with E-state index in [9.17, 15) is 0 Å². The summed E-state index contributed by atoms with van der Waals surface area (Å²) in [6, 6.07) is 0. The summed E-state index contributed by atoms with van der Waals surface area (Å²) in [5.74, 6) is 0. The standard InChI is InChI=1S/C6H15N.CH2O3.2Cs/c1-4-7(5-2)6-3;2-1(3)4;;/h4-6H2,1-3H3;(H2,2,3,4);;/q;;2*+1/p-2. The number of carbonyl (C=O) groups excluding carboxylic acids is 1. The molecular formula is C7H15Cs2NO3. The van der Waals surface area contributed by atoms with Gasteiger partial charge in [0.15, 0.2) is 0 Å². The minimum Gasteiger partial charge on any atom is -0.652 e. The molecule has 0 aliphatic rings. The largest absolute Gasteiger partial charge is 1.00 e. The van der Waals surface area contributed by atoms with Crippen LogP contribution in [0.15, 0.2) is 0 Å². The van der Waals surface area contributed by atoms with Crippen LogP contribution in [0, 0.1) is 0 Å². The Morgan fingerprint density at radius 2 is 1.15 bits per heavy atom. The number of hydrogen-bond donors (Lipinski definition) is 0. The molecule has 0 aliphatic heterocycles. The van der Waals surface area contributed by atoms with Gasteiger partial charge in [0, 0.05) is 0 Å². The molecule has 0 atom stereocenters. The van der Waals surface area contributed by atoms with Gasteiger partial charge in [0.2, 0.25) is 0 Å². The SMILES string of the molecule is CCN(CC)CC.O=C([O-])[O-].[Cs+].[Cs+]. The van der Waals surface area contributed by atoms with Crippen molar-refractivity contribution in [2.24, 2.45) is 0 Å². The molecule has 13 heavy (non-hydrogen) atoms. The van der Waals surface area contributed by atoms with Gasteiger partial charge in [-0.3, -0.25) is 0 Å². The van der Waals surface area contributed by atoms with E-state index in [2.05, 4.69) is 25.7 Å². The summed E-state index contributed by atoms with van der Waals surface area (Å²) in [4.78, 5) is 10.7. The van der Waals surface area contributed by atoms with Crippen molar-refractivity contribution in [2.45, 2.75) is 20.8 Å². The second-order valence-corrected chi connectivity index (χ2v) is 1.87. The third-order valence-corrected chi connectivity index (χ3v) is 1.34. The van der Waals surface area contributed by atoms with Crippen molar-refractivity contribution in [3.63, 3.8) is 0 Å². The molecule has 0 fully saturated rings. The third kappa shape index (κ3) is 31.3. The van der Waals surface area contributed by atoms with E-state index in [4.69, 9.17) is 15.0 Å². The molecule has 0 rings (SSSR count). The van der Waals surface area contributed by atoms with Gasteiger partial charge in [-0.1, -0.05) is 20.8 Å². The maximum absolute atomic E-state index is 8.33. The van der Waals surface area contributed by atoms with Gasteiger partial charge in [0.05, 0.1) is 0 Å². The Morgan fingerprint density at radius 1 is 1.00 bits per heavy atom. The van der Waals surface area contributed by atoms with Crippen LogP contribution in [0.5, 0.6) is 0 Å². The normalized spacial score (nSPS) is 7.38. The monoisotopic (exact) mass is 427 g/mol. The molecule has 4 nitrogen and oxygen atoms in total. The molecular weight excluding hydrogens is 412 g/mol. The van der Waals surface area contributed by atoms with Gasteiger partial charge in [0.1, 0.15) is 0 Å². The van der Waals surface area contributed by atoms with Crippen molar-refractivity contribution < 1.29 is 153 Å². The van der Waals surface area contributed by atoms with Crippen LogP contribution >= 0.6 is 0 Å². The molecule has 0 aromatic rings. The Balaban J connectivity index is -0.0000000600. The summed E-state index contributed by atoms with van der Waals surface area (Å²) < 4.78 is 0. The van der Waals surface area contributed by atoms with Gasteiger partial charge in [-0.2, -0.15) is 0 Å². The van der Waals surface area contributed by atoms with E-state index in [-0.39, 0.29) is 138 Å². The first-order chi connectivity index (χ1) is 5.08. The molecule has 0 N–H and O–H groups in total. The quantitative estimate of drug-likeness (QED) is 0.450. The molecule has 0 saturated carbocycles. The molecule has 0 spiro atoms. The fourth-order valence-electron chi connectivity index (χ4n) is 0.671. The van der Waals surface area contributed by atoms with Crippen LogP contribution in [0.3, 0.4) is 0 Å². The Kier molecular flexibility index (Phi) is 40.2. The number of carbonyl (C=O) groups is 1. The molecule has 0 heterocycles. The van der Waals surface area contributed by atoms with Crippen LogP contribution in [0.4, 0.5) is 4.79 Å². The van der Waals surface area contributed by atoms with Gasteiger partial charge in [-0.25, -0.2) is 0 Å². The predicted molar refractivity (Wildman–Crippen MR) is 38.9 cm³/mol.